The van der Waals surface area contributed by atoms with Gasteiger partial charge in [-0.1, -0.05) is 12.1 Å². The SMILES string of the molecule is CCn1ncc(NCCc2cccc(F)c2)c(Br)c1=O. The zero-order valence-electron chi connectivity index (χ0n) is 11.1. The average molecular weight is 340 g/mol. The second-order valence-electron chi connectivity index (χ2n) is 4.30. The highest BCUT2D eigenvalue weighted by molar-refractivity contribution is 9.10. The molecule has 6 heteroatoms. The van der Waals surface area contributed by atoms with Crippen molar-refractivity contribution in [1.82, 2.24) is 9.78 Å². The standard InChI is InChI=1S/C14H15BrFN3O/c1-2-19-14(20)13(15)12(9-18-19)17-7-6-10-4-3-5-11(16)8-10/h3-5,8-9,17H,2,6-7H2,1H3. The lowest BCUT2D eigenvalue weighted by Crippen LogP contribution is -2.23. The summed E-state index contributed by atoms with van der Waals surface area (Å²) in [5.41, 5.74) is 1.39. The Morgan fingerprint density at radius 3 is 2.95 bits per heavy atom. The van der Waals surface area contributed by atoms with Crippen LogP contribution in [0.1, 0.15) is 12.5 Å². The molecule has 1 heterocycles. The summed E-state index contributed by atoms with van der Waals surface area (Å²) in [6, 6.07) is 6.48. The van der Waals surface area contributed by atoms with Crippen molar-refractivity contribution >= 4 is 21.6 Å². The van der Waals surface area contributed by atoms with Crippen molar-refractivity contribution in [3.8, 4) is 0 Å². The summed E-state index contributed by atoms with van der Waals surface area (Å²) in [7, 11) is 0. The van der Waals surface area contributed by atoms with Gasteiger partial charge in [-0.15, -0.1) is 0 Å². The molecule has 0 radical (unpaired) electrons. The summed E-state index contributed by atoms with van der Waals surface area (Å²) >= 11 is 3.27. The minimum absolute atomic E-state index is 0.164. The van der Waals surface area contributed by atoms with E-state index >= 15 is 0 Å². The summed E-state index contributed by atoms with van der Waals surface area (Å²) in [5.74, 6) is -0.240. The number of halogens is 2. The van der Waals surface area contributed by atoms with Gasteiger partial charge in [-0.2, -0.15) is 5.10 Å². The number of rotatable bonds is 5. The van der Waals surface area contributed by atoms with Crippen LogP contribution in [0.4, 0.5) is 10.1 Å². The molecule has 20 heavy (non-hydrogen) atoms. The van der Waals surface area contributed by atoms with Gasteiger partial charge in [0.2, 0.25) is 0 Å². The number of hydrogen-bond donors (Lipinski definition) is 1. The molecule has 0 saturated carbocycles. The zero-order valence-corrected chi connectivity index (χ0v) is 12.7. The van der Waals surface area contributed by atoms with Gasteiger partial charge in [0.15, 0.2) is 0 Å². The molecule has 1 aromatic heterocycles. The molecular weight excluding hydrogens is 325 g/mol. The predicted molar refractivity (Wildman–Crippen MR) is 80.5 cm³/mol. The van der Waals surface area contributed by atoms with E-state index in [-0.39, 0.29) is 11.4 Å². The van der Waals surface area contributed by atoms with Crippen molar-refractivity contribution in [1.29, 1.82) is 0 Å². The number of aryl methyl sites for hydroxylation is 1. The van der Waals surface area contributed by atoms with E-state index in [9.17, 15) is 9.18 Å². The molecule has 0 unspecified atom stereocenters. The van der Waals surface area contributed by atoms with Crippen LogP contribution in [0, 0.1) is 5.82 Å². The van der Waals surface area contributed by atoms with Crippen molar-refractivity contribution in [3.05, 3.63) is 56.7 Å². The van der Waals surface area contributed by atoms with Gasteiger partial charge >= 0.3 is 0 Å². The van der Waals surface area contributed by atoms with E-state index in [0.29, 0.717) is 29.7 Å². The van der Waals surface area contributed by atoms with Crippen LogP contribution < -0.4 is 10.9 Å². The van der Waals surface area contributed by atoms with Gasteiger partial charge in [0.05, 0.1) is 11.9 Å². The molecule has 0 amide bonds. The molecule has 0 aliphatic carbocycles. The highest BCUT2D eigenvalue weighted by Gasteiger charge is 2.07. The van der Waals surface area contributed by atoms with Crippen LogP contribution in [0.3, 0.4) is 0 Å². The average Bonchev–Trinajstić information content (AvgIpc) is 2.44. The molecule has 0 saturated heterocycles. The molecule has 2 rings (SSSR count). The monoisotopic (exact) mass is 339 g/mol. The first kappa shape index (κ1) is 14.7. The Labute approximate surface area is 124 Å². The van der Waals surface area contributed by atoms with Crippen molar-refractivity contribution in [2.45, 2.75) is 19.9 Å². The molecule has 1 aromatic carbocycles. The van der Waals surface area contributed by atoms with E-state index in [1.54, 1.807) is 12.3 Å². The van der Waals surface area contributed by atoms with Crippen LogP contribution in [0.2, 0.25) is 0 Å². The summed E-state index contributed by atoms with van der Waals surface area (Å²) in [5, 5.41) is 7.18. The third kappa shape index (κ3) is 3.45. The smallest absolute Gasteiger partial charge is 0.283 e. The normalized spacial score (nSPS) is 10.6. The molecule has 0 aliphatic heterocycles. The number of nitrogens with one attached hydrogen (secondary N) is 1. The van der Waals surface area contributed by atoms with Crippen molar-refractivity contribution in [2.75, 3.05) is 11.9 Å². The highest BCUT2D eigenvalue weighted by atomic mass is 79.9. The lowest BCUT2D eigenvalue weighted by atomic mass is 10.1. The van der Waals surface area contributed by atoms with E-state index in [1.165, 1.54) is 16.8 Å². The van der Waals surface area contributed by atoms with Gasteiger partial charge in [0.25, 0.3) is 5.56 Å². The predicted octanol–water partition coefficient (Wildman–Crippen LogP) is 2.82. The van der Waals surface area contributed by atoms with E-state index in [4.69, 9.17) is 0 Å². The third-order valence-corrected chi connectivity index (χ3v) is 3.67. The molecule has 106 valence electrons. The Hall–Kier alpha value is -1.69. The van der Waals surface area contributed by atoms with E-state index < -0.39 is 0 Å². The van der Waals surface area contributed by atoms with Gasteiger partial charge in [-0.25, -0.2) is 9.07 Å². The van der Waals surface area contributed by atoms with Crippen molar-refractivity contribution < 1.29 is 4.39 Å². The largest absolute Gasteiger partial charge is 0.382 e. The number of aromatic nitrogens is 2. The van der Waals surface area contributed by atoms with Crippen LogP contribution in [-0.4, -0.2) is 16.3 Å². The van der Waals surface area contributed by atoms with Gasteiger partial charge in [0.1, 0.15) is 10.3 Å². The lowest BCUT2D eigenvalue weighted by Gasteiger charge is -2.09. The van der Waals surface area contributed by atoms with Gasteiger partial charge in [-0.3, -0.25) is 4.79 Å². The third-order valence-electron chi connectivity index (χ3n) is 2.90. The molecule has 0 spiro atoms. The lowest BCUT2D eigenvalue weighted by molar-refractivity contribution is 0.612. The van der Waals surface area contributed by atoms with E-state index in [0.717, 1.165) is 5.56 Å². The van der Waals surface area contributed by atoms with E-state index in [2.05, 4.69) is 26.3 Å². The summed E-state index contributed by atoms with van der Waals surface area (Å²) in [6.07, 6.45) is 2.28. The molecule has 4 nitrogen and oxygen atoms in total. The number of benzene rings is 1. The fourth-order valence-electron chi connectivity index (χ4n) is 1.85. The quantitative estimate of drug-likeness (QED) is 0.911. The van der Waals surface area contributed by atoms with Crippen LogP contribution in [0.25, 0.3) is 0 Å². The molecule has 1 N–H and O–H groups in total. The van der Waals surface area contributed by atoms with Gasteiger partial charge in [0, 0.05) is 13.1 Å². The number of anilines is 1. The first-order chi connectivity index (χ1) is 9.61. The molecule has 0 atom stereocenters. The fourth-order valence-corrected chi connectivity index (χ4v) is 2.29. The Morgan fingerprint density at radius 2 is 2.25 bits per heavy atom. The molecule has 0 bridgehead atoms. The summed E-state index contributed by atoms with van der Waals surface area (Å²) < 4.78 is 14.9. The number of nitrogens with zero attached hydrogens (tertiary/aromatic N) is 2. The maximum absolute atomic E-state index is 13.0. The molecule has 0 fully saturated rings. The first-order valence-corrected chi connectivity index (χ1v) is 7.15. The Kier molecular flexibility index (Phi) is 4.89. The fraction of sp³-hybridized carbons (Fsp3) is 0.286. The van der Waals surface area contributed by atoms with E-state index in [1.807, 2.05) is 13.0 Å². The van der Waals surface area contributed by atoms with Crippen molar-refractivity contribution in [3.63, 3.8) is 0 Å². The summed E-state index contributed by atoms with van der Waals surface area (Å²) in [6.45, 7) is 2.98. The second kappa shape index (κ2) is 6.65. The zero-order chi connectivity index (χ0) is 14.5. The van der Waals surface area contributed by atoms with Crippen LogP contribution in [0.5, 0.6) is 0 Å². The van der Waals surface area contributed by atoms with Crippen LogP contribution in [-0.2, 0) is 13.0 Å². The maximum Gasteiger partial charge on any atom is 0.283 e. The van der Waals surface area contributed by atoms with Crippen molar-refractivity contribution in [2.24, 2.45) is 0 Å². The van der Waals surface area contributed by atoms with Gasteiger partial charge < -0.3 is 5.32 Å². The Morgan fingerprint density at radius 1 is 1.45 bits per heavy atom. The molecular formula is C14H15BrFN3O. The highest BCUT2D eigenvalue weighted by Crippen LogP contribution is 2.16. The molecule has 2 aromatic rings. The second-order valence-corrected chi connectivity index (χ2v) is 5.09. The molecule has 0 aliphatic rings. The Balaban J connectivity index is 2.01. The number of hydrogen-bond acceptors (Lipinski definition) is 3. The minimum Gasteiger partial charge on any atom is -0.382 e. The Bertz CT molecular complexity index is 657. The van der Waals surface area contributed by atoms with Crippen LogP contribution >= 0.6 is 15.9 Å². The van der Waals surface area contributed by atoms with Crippen LogP contribution in [0.15, 0.2) is 39.7 Å². The topological polar surface area (TPSA) is 46.9 Å². The maximum atomic E-state index is 13.0. The first-order valence-electron chi connectivity index (χ1n) is 6.35. The minimum atomic E-state index is -0.240. The summed E-state index contributed by atoms with van der Waals surface area (Å²) in [4.78, 5) is 11.9. The van der Waals surface area contributed by atoms with Gasteiger partial charge in [-0.05, 0) is 47.0 Å².